The van der Waals surface area contributed by atoms with Crippen LogP contribution in [0.15, 0.2) is 73.8 Å². The second-order valence-corrected chi connectivity index (χ2v) is 6.05. The number of para-hydroxylation sites is 4. The van der Waals surface area contributed by atoms with E-state index in [1.54, 1.807) is 0 Å². The van der Waals surface area contributed by atoms with E-state index in [-0.39, 0.29) is 0 Å². The third kappa shape index (κ3) is 2.75. The van der Waals surface area contributed by atoms with E-state index >= 15 is 0 Å². The molecule has 0 saturated heterocycles. The van der Waals surface area contributed by atoms with Crippen LogP contribution < -0.4 is 0 Å². The SMILES string of the molecule is C=CCn1c(/C=C/c2nc3ccccc3n2CC=C)nc2ccccc21. The van der Waals surface area contributed by atoms with Crippen LogP contribution in [0.5, 0.6) is 0 Å². The molecule has 0 spiro atoms. The molecule has 0 aliphatic heterocycles. The molecular formula is C22H20N4. The smallest absolute Gasteiger partial charge is 0.134 e. The molecule has 2 aromatic carbocycles. The van der Waals surface area contributed by atoms with Gasteiger partial charge in [-0.3, -0.25) is 0 Å². The molecule has 0 radical (unpaired) electrons. The molecule has 0 unspecified atom stereocenters. The van der Waals surface area contributed by atoms with Crippen molar-refractivity contribution in [2.45, 2.75) is 13.1 Å². The second kappa shape index (κ2) is 6.84. The fourth-order valence-electron chi connectivity index (χ4n) is 3.23. The van der Waals surface area contributed by atoms with Crippen molar-refractivity contribution in [1.82, 2.24) is 19.1 Å². The van der Waals surface area contributed by atoms with Gasteiger partial charge in [0, 0.05) is 13.1 Å². The Balaban J connectivity index is 1.81. The van der Waals surface area contributed by atoms with E-state index in [0.717, 1.165) is 33.7 Å². The normalized spacial score (nSPS) is 11.5. The summed E-state index contributed by atoms with van der Waals surface area (Å²) in [5.41, 5.74) is 4.17. The van der Waals surface area contributed by atoms with Crippen molar-refractivity contribution >= 4 is 34.2 Å². The number of aromatic nitrogens is 4. The molecule has 0 aliphatic carbocycles. The Hall–Kier alpha value is -3.40. The molecule has 4 aromatic rings. The first-order valence-corrected chi connectivity index (χ1v) is 8.62. The minimum absolute atomic E-state index is 0.712. The van der Waals surface area contributed by atoms with Crippen LogP contribution in [-0.2, 0) is 13.1 Å². The molecule has 4 heteroatoms. The van der Waals surface area contributed by atoms with Crippen LogP contribution in [0.25, 0.3) is 34.2 Å². The van der Waals surface area contributed by atoms with Crippen LogP contribution in [0.3, 0.4) is 0 Å². The minimum Gasteiger partial charge on any atom is -0.321 e. The summed E-state index contributed by atoms with van der Waals surface area (Å²) in [7, 11) is 0. The molecule has 0 amide bonds. The quantitative estimate of drug-likeness (QED) is 0.467. The number of benzene rings is 2. The predicted octanol–water partition coefficient (Wildman–Crippen LogP) is 4.93. The number of nitrogens with zero attached hydrogens (tertiary/aromatic N) is 4. The Morgan fingerprint density at radius 2 is 1.12 bits per heavy atom. The first-order chi connectivity index (χ1) is 12.8. The highest BCUT2D eigenvalue weighted by Gasteiger charge is 2.09. The highest BCUT2D eigenvalue weighted by Crippen LogP contribution is 2.20. The lowest BCUT2D eigenvalue weighted by atomic mass is 10.3. The maximum absolute atomic E-state index is 4.75. The Morgan fingerprint density at radius 1 is 0.692 bits per heavy atom. The van der Waals surface area contributed by atoms with Crippen molar-refractivity contribution in [2.24, 2.45) is 0 Å². The summed E-state index contributed by atoms with van der Waals surface area (Å²) in [5, 5.41) is 0. The molecular weight excluding hydrogens is 320 g/mol. The first-order valence-electron chi connectivity index (χ1n) is 8.62. The Bertz CT molecular complexity index is 1040. The molecule has 0 N–H and O–H groups in total. The van der Waals surface area contributed by atoms with Gasteiger partial charge >= 0.3 is 0 Å². The Labute approximate surface area is 152 Å². The van der Waals surface area contributed by atoms with E-state index in [1.165, 1.54) is 0 Å². The van der Waals surface area contributed by atoms with E-state index in [9.17, 15) is 0 Å². The highest BCUT2D eigenvalue weighted by atomic mass is 15.1. The van der Waals surface area contributed by atoms with Crippen molar-refractivity contribution in [3.05, 3.63) is 85.5 Å². The van der Waals surface area contributed by atoms with E-state index < -0.39 is 0 Å². The number of fused-ring (bicyclic) bond motifs is 2. The Morgan fingerprint density at radius 3 is 1.54 bits per heavy atom. The molecule has 0 bridgehead atoms. The Kier molecular flexibility index (Phi) is 4.23. The predicted molar refractivity (Wildman–Crippen MR) is 109 cm³/mol. The van der Waals surface area contributed by atoms with Crippen molar-refractivity contribution in [3.8, 4) is 0 Å². The van der Waals surface area contributed by atoms with Crippen LogP contribution in [0.1, 0.15) is 11.6 Å². The van der Waals surface area contributed by atoms with E-state index in [0.29, 0.717) is 13.1 Å². The van der Waals surface area contributed by atoms with Gasteiger partial charge in [0.05, 0.1) is 22.1 Å². The van der Waals surface area contributed by atoms with Crippen LogP contribution in [0.2, 0.25) is 0 Å². The first kappa shape index (κ1) is 16.1. The van der Waals surface area contributed by atoms with Gasteiger partial charge in [0.15, 0.2) is 0 Å². The third-order valence-electron chi connectivity index (χ3n) is 4.37. The second-order valence-electron chi connectivity index (χ2n) is 6.05. The maximum Gasteiger partial charge on any atom is 0.134 e. The summed E-state index contributed by atoms with van der Waals surface area (Å²) in [6.45, 7) is 9.16. The van der Waals surface area contributed by atoms with Crippen LogP contribution in [0, 0.1) is 0 Å². The van der Waals surface area contributed by atoms with Gasteiger partial charge in [-0.05, 0) is 36.4 Å². The topological polar surface area (TPSA) is 35.6 Å². The van der Waals surface area contributed by atoms with Crippen LogP contribution >= 0.6 is 0 Å². The molecule has 0 aliphatic rings. The van der Waals surface area contributed by atoms with Crippen molar-refractivity contribution in [2.75, 3.05) is 0 Å². The van der Waals surface area contributed by atoms with Gasteiger partial charge in [-0.25, -0.2) is 9.97 Å². The van der Waals surface area contributed by atoms with E-state index in [1.807, 2.05) is 60.7 Å². The van der Waals surface area contributed by atoms with Crippen LogP contribution in [0.4, 0.5) is 0 Å². The summed E-state index contributed by atoms with van der Waals surface area (Å²) in [4.78, 5) is 9.49. The highest BCUT2D eigenvalue weighted by molar-refractivity contribution is 5.82. The lowest BCUT2D eigenvalue weighted by molar-refractivity contribution is 0.833. The standard InChI is InChI=1S/C22H20N4/c1-3-15-25-19-11-7-5-9-17(19)23-21(25)13-14-22-24-18-10-6-8-12-20(18)26(22)16-4-2/h3-14H,1-2,15-16H2/b14-13+. The van der Waals surface area contributed by atoms with Gasteiger partial charge in [0.1, 0.15) is 11.6 Å². The summed E-state index contributed by atoms with van der Waals surface area (Å²) in [6.07, 6.45) is 7.81. The zero-order valence-corrected chi connectivity index (χ0v) is 14.5. The van der Waals surface area contributed by atoms with Gasteiger partial charge in [-0.2, -0.15) is 0 Å². The zero-order valence-electron chi connectivity index (χ0n) is 14.5. The largest absolute Gasteiger partial charge is 0.321 e. The fourth-order valence-corrected chi connectivity index (χ4v) is 3.23. The van der Waals surface area contributed by atoms with Gasteiger partial charge < -0.3 is 9.13 Å². The van der Waals surface area contributed by atoms with Gasteiger partial charge in [-0.15, -0.1) is 13.2 Å². The number of rotatable bonds is 6. The lowest BCUT2D eigenvalue weighted by Gasteiger charge is -2.04. The molecule has 0 saturated carbocycles. The molecule has 128 valence electrons. The average Bonchev–Trinajstić information content (AvgIpc) is 3.19. The summed E-state index contributed by atoms with van der Waals surface area (Å²) < 4.78 is 4.30. The summed E-state index contributed by atoms with van der Waals surface area (Å²) >= 11 is 0. The third-order valence-corrected chi connectivity index (χ3v) is 4.37. The number of imidazole rings is 2. The molecule has 2 heterocycles. The monoisotopic (exact) mass is 340 g/mol. The van der Waals surface area contributed by atoms with Crippen molar-refractivity contribution in [3.63, 3.8) is 0 Å². The van der Waals surface area contributed by atoms with Crippen LogP contribution in [-0.4, -0.2) is 19.1 Å². The molecule has 4 nitrogen and oxygen atoms in total. The summed E-state index contributed by atoms with van der Waals surface area (Å²) in [6, 6.07) is 16.3. The number of hydrogen-bond donors (Lipinski definition) is 0. The maximum atomic E-state index is 4.75. The van der Waals surface area contributed by atoms with E-state index in [4.69, 9.17) is 9.97 Å². The fraction of sp³-hybridized carbons (Fsp3) is 0.0909. The zero-order chi connectivity index (χ0) is 17.9. The molecule has 0 atom stereocenters. The molecule has 2 aromatic heterocycles. The molecule has 4 rings (SSSR count). The molecule has 26 heavy (non-hydrogen) atoms. The average molecular weight is 340 g/mol. The lowest BCUT2D eigenvalue weighted by Crippen LogP contribution is -1.99. The van der Waals surface area contributed by atoms with Crippen molar-refractivity contribution in [1.29, 1.82) is 0 Å². The minimum atomic E-state index is 0.712. The van der Waals surface area contributed by atoms with Gasteiger partial charge in [0.25, 0.3) is 0 Å². The number of hydrogen-bond acceptors (Lipinski definition) is 2. The number of allylic oxidation sites excluding steroid dienone is 2. The molecule has 0 fully saturated rings. The van der Waals surface area contributed by atoms with Gasteiger partial charge in [-0.1, -0.05) is 36.4 Å². The van der Waals surface area contributed by atoms with Gasteiger partial charge in [0.2, 0.25) is 0 Å². The van der Waals surface area contributed by atoms with Crippen molar-refractivity contribution < 1.29 is 0 Å². The van der Waals surface area contributed by atoms with E-state index in [2.05, 4.69) is 34.4 Å². The summed E-state index contributed by atoms with van der Waals surface area (Å²) in [5.74, 6) is 1.78.